The van der Waals surface area contributed by atoms with Crippen LogP contribution in [0.15, 0.2) is 24.3 Å². The molecule has 1 aliphatic heterocycles. The molecule has 1 saturated heterocycles. The molecule has 0 N–H and O–H groups in total. The molecule has 7 heteroatoms. The van der Waals surface area contributed by atoms with Gasteiger partial charge in [0.15, 0.2) is 11.6 Å². The van der Waals surface area contributed by atoms with Crippen molar-refractivity contribution < 1.29 is 13.9 Å². The number of likely N-dealkylation sites (tertiary alicyclic amines) is 1. The lowest BCUT2D eigenvalue weighted by Gasteiger charge is -2.34. The number of para-hydroxylation sites is 1. The number of hydrogen-bond donors (Lipinski definition) is 0. The minimum Gasteiger partial charge on any atom is -0.490 e. The van der Waals surface area contributed by atoms with Crippen LogP contribution in [-0.2, 0) is 11.3 Å². The van der Waals surface area contributed by atoms with Gasteiger partial charge in [-0.2, -0.15) is 5.10 Å². The summed E-state index contributed by atoms with van der Waals surface area (Å²) in [6, 6.07) is 6.42. The fourth-order valence-electron chi connectivity index (χ4n) is 3.55. The Morgan fingerprint density at radius 3 is 2.85 bits per heavy atom. The Morgan fingerprint density at radius 1 is 1.37 bits per heavy atom. The van der Waals surface area contributed by atoms with E-state index in [9.17, 15) is 9.18 Å². The van der Waals surface area contributed by atoms with Crippen LogP contribution in [-0.4, -0.2) is 45.3 Å². The Hall–Kier alpha value is -2.44. The lowest BCUT2D eigenvalue weighted by atomic mass is 9.97. The summed E-state index contributed by atoms with van der Waals surface area (Å²) < 4.78 is 21.1. The Balaban J connectivity index is 1.54. The van der Waals surface area contributed by atoms with E-state index in [-0.39, 0.29) is 29.3 Å². The SMILES string of the molecule is Cc1nc(C)n(CC(C)C(=O)N2CCCC(COc3ccccc3F)C2)n1. The summed E-state index contributed by atoms with van der Waals surface area (Å²) in [4.78, 5) is 19.1. The number of aryl methyl sites for hydroxylation is 2. The minimum absolute atomic E-state index is 0.123. The van der Waals surface area contributed by atoms with E-state index in [1.54, 1.807) is 22.9 Å². The molecular formula is C20H27FN4O2. The number of nitrogens with zero attached hydrogens (tertiary/aromatic N) is 4. The summed E-state index contributed by atoms with van der Waals surface area (Å²) in [5.41, 5.74) is 0. The third-order valence-electron chi connectivity index (χ3n) is 4.97. The van der Waals surface area contributed by atoms with E-state index in [0.29, 0.717) is 19.7 Å². The molecule has 1 amide bonds. The number of benzene rings is 1. The summed E-state index contributed by atoms with van der Waals surface area (Å²) in [5, 5.41) is 4.34. The second-order valence-corrected chi connectivity index (χ2v) is 7.32. The Kier molecular flexibility index (Phi) is 6.08. The van der Waals surface area contributed by atoms with E-state index in [1.807, 2.05) is 25.7 Å². The Bertz CT molecular complexity index is 792. The monoisotopic (exact) mass is 374 g/mol. The van der Waals surface area contributed by atoms with Gasteiger partial charge in [0.2, 0.25) is 5.91 Å². The molecule has 1 aromatic carbocycles. The number of amides is 1. The topological polar surface area (TPSA) is 60.2 Å². The van der Waals surface area contributed by atoms with E-state index in [1.165, 1.54) is 6.07 Å². The third-order valence-corrected chi connectivity index (χ3v) is 4.97. The molecule has 6 nitrogen and oxygen atoms in total. The molecule has 0 spiro atoms. The van der Waals surface area contributed by atoms with Crippen molar-refractivity contribution in [2.45, 2.75) is 40.2 Å². The van der Waals surface area contributed by atoms with Crippen molar-refractivity contribution in [3.8, 4) is 5.75 Å². The van der Waals surface area contributed by atoms with Gasteiger partial charge >= 0.3 is 0 Å². The normalized spacial score (nSPS) is 18.4. The van der Waals surface area contributed by atoms with E-state index in [4.69, 9.17) is 4.74 Å². The number of halogens is 1. The first-order valence-corrected chi connectivity index (χ1v) is 9.48. The first-order valence-electron chi connectivity index (χ1n) is 9.48. The van der Waals surface area contributed by atoms with Gasteiger partial charge in [-0.05, 0) is 38.8 Å². The molecule has 3 rings (SSSR count). The maximum atomic E-state index is 13.7. The molecule has 2 unspecified atom stereocenters. The molecule has 27 heavy (non-hydrogen) atoms. The molecule has 1 aliphatic rings. The van der Waals surface area contributed by atoms with Crippen molar-refractivity contribution in [1.82, 2.24) is 19.7 Å². The number of piperidine rings is 1. The van der Waals surface area contributed by atoms with Crippen LogP contribution in [0.3, 0.4) is 0 Å². The fraction of sp³-hybridized carbons (Fsp3) is 0.550. The van der Waals surface area contributed by atoms with Crippen LogP contribution in [0, 0.1) is 31.5 Å². The predicted molar refractivity (Wildman–Crippen MR) is 99.9 cm³/mol. The molecule has 0 radical (unpaired) electrons. The van der Waals surface area contributed by atoms with E-state index < -0.39 is 0 Å². The van der Waals surface area contributed by atoms with E-state index in [0.717, 1.165) is 31.0 Å². The minimum atomic E-state index is -0.353. The van der Waals surface area contributed by atoms with Crippen molar-refractivity contribution in [1.29, 1.82) is 0 Å². The molecule has 0 aliphatic carbocycles. The zero-order valence-electron chi connectivity index (χ0n) is 16.2. The highest BCUT2D eigenvalue weighted by Gasteiger charge is 2.28. The summed E-state index contributed by atoms with van der Waals surface area (Å²) in [6.45, 7) is 8.02. The predicted octanol–water partition coefficient (Wildman–Crippen LogP) is 2.99. The lowest BCUT2D eigenvalue weighted by molar-refractivity contribution is -0.137. The van der Waals surface area contributed by atoms with Crippen LogP contribution in [0.4, 0.5) is 4.39 Å². The molecule has 1 fully saturated rings. The molecule has 2 aromatic rings. The Labute approximate surface area is 159 Å². The lowest BCUT2D eigenvalue weighted by Crippen LogP contribution is -2.44. The van der Waals surface area contributed by atoms with Crippen molar-refractivity contribution in [3.05, 3.63) is 41.7 Å². The molecule has 0 saturated carbocycles. The Morgan fingerprint density at radius 2 is 2.15 bits per heavy atom. The maximum Gasteiger partial charge on any atom is 0.227 e. The molecule has 146 valence electrons. The maximum absolute atomic E-state index is 13.7. The second-order valence-electron chi connectivity index (χ2n) is 7.32. The summed E-state index contributed by atoms with van der Waals surface area (Å²) >= 11 is 0. The summed E-state index contributed by atoms with van der Waals surface area (Å²) in [5.74, 6) is 1.62. The third kappa shape index (κ3) is 4.84. The number of carbonyl (C=O) groups is 1. The molecule has 1 aromatic heterocycles. The van der Waals surface area contributed by atoms with Gasteiger partial charge in [-0.25, -0.2) is 14.1 Å². The number of aromatic nitrogens is 3. The summed E-state index contributed by atoms with van der Waals surface area (Å²) in [6.07, 6.45) is 1.92. The van der Waals surface area contributed by atoms with Gasteiger partial charge in [-0.15, -0.1) is 0 Å². The highest BCUT2D eigenvalue weighted by atomic mass is 19.1. The van der Waals surface area contributed by atoms with Crippen LogP contribution < -0.4 is 4.74 Å². The standard InChI is InChI=1S/C20H27FN4O2/c1-14(11-25-16(3)22-15(2)23-25)20(26)24-10-6-7-17(12-24)13-27-19-9-5-4-8-18(19)21/h4-5,8-9,14,17H,6-7,10-13H2,1-3H3. The zero-order valence-corrected chi connectivity index (χ0v) is 16.2. The molecule has 2 atom stereocenters. The van der Waals surface area contributed by atoms with Crippen LogP contribution in [0.25, 0.3) is 0 Å². The molecule has 0 bridgehead atoms. The highest BCUT2D eigenvalue weighted by molar-refractivity contribution is 5.78. The highest BCUT2D eigenvalue weighted by Crippen LogP contribution is 2.22. The van der Waals surface area contributed by atoms with Crippen LogP contribution in [0.5, 0.6) is 5.75 Å². The zero-order chi connectivity index (χ0) is 19.4. The van der Waals surface area contributed by atoms with Gasteiger partial charge in [-0.1, -0.05) is 19.1 Å². The van der Waals surface area contributed by atoms with Crippen molar-refractivity contribution >= 4 is 5.91 Å². The summed E-state index contributed by atoms with van der Waals surface area (Å²) in [7, 11) is 0. The first-order chi connectivity index (χ1) is 12.9. The number of hydrogen-bond acceptors (Lipinski definition) is 4. The van der Waals surface area contributed by atoms with Gasteiger partial charge in [0, 0.05) is 19.0 Å². The van der Waals surface area contributed by atoms with Crippen LogP contribution in [0.2, 0.25) is 0 Å². The van der Waals surface area contributed by atoms with Gasteiger partial charge in [-0.3, -0.25) is 4.79 Å². The van der Waals surface area contributed by atoms with Crippen LogP contribution >= 0.6 is 0 Å². The quantitative estimate of drug-likeness (QED) is 0.780. The largest absolute Gasteiger partial charge is 0.490 e. The average Bonchev–Trinajstić information content (AvgIpc) is 2.97. The molecule has 2 heterocycles. The second kappa shape index (κ2) is 8.50. The van der Waals surface area contributed by atoms with Crippen LogP contribution in [0.1, 0.15) is 31.4 Å². The van der Waals surface area contributed by atoms with Crippen molar-refractivity contribution in [3.63, 3.8) is 0 Å². The van der Waals surface area contributed by atoms with Gasteiger partial charge < -0.3 is 9.64 Å². The van der Waals surface area contributed by atoms with E-state index in [2.05, 4.69) is 10.1 Å². The smallest absolute Gasteiger partial charge is 0.227 e. The van der Waals surface area contributed by atoms with Gasteiger partial charge in [0.05, 0.1) is 19.1 Å². The van der Waals surface area contributed by atoms with Gasteiger partial charge in [0.25, 0.3) is 0 Å². The first kappa shape index (κ1) is 19.3. The number of rotatable bonds is 6. The van der Waals surface area contributed by atoms with Crippen molar-refractivity contribution in [2.75, 3.05) is 19.7 Å². The van der Waals surface area contributed by atoms with Gasteiger partial charge in [0.1, 0.15) is 11.6 Å². The fourth-order valence-corrected chi connectivity index (χ4v) is 3.55. The van der Waals surface area contributed by atoms with E-state index >= 15 is 0 Å². The molecular weight excluding hydrogens is 347 g/mol. The number of ether oxygens (including phenoxy) is 1. The number of carbonyl (C=O) groups excluding carboxylic acids is 1. The average molecular weight is 374 g/mol. The van der Waals surface area contributed by atoms with Crippen molar-refractivity contribution in [2.24, 2.45) is 11.8 Å².